The fraction of sp³-hybridized carbons (Fsp3) is 0.227. The van der Waals surface area contributed by atoms with Crippen molar-refractivity contribution >= 4 is 22.9 Å². The minimum absolute atomic E-state index is 0.00597. The van der Waals surface area contributed by atoms with E-state index in [1.54, 1.807) is 31.4 Å². The quantitative estimate of drug-likeness (QED) is 0.457. The predicted octanol–water partition coefficient (Wildman–Crippen LogP) is 2.36. The Bertz CT molecular complexity index is 1450. The number of amides is 2. The number of rotatable bonds is 5. The standard InChI is InChI=1S/C22H17FN4O6/c1-31-13-4-2-3-12(9-13)20-25-17(33-26-20)10-11-5-7-15-19(18(11)23)27(22(30)32-15)14-6-8-16(28)24-21(14)29/h2-5,7,9,14H,6,8,10H2,1H3,(H,24,28,29). The summed E-state index contributed by atoms with van der Waals surface area (Å²) < 4.78 is 32.1. The molecule has 2 amide bonds. The number of piperidine rings is 1. The van der Waals surface area contributed by atoms with Crippen molar-refractivity contribution in [3.8, 4) is 17.1 Å². The van der Waals surface area contributed by atoms with E-state index in [-0.39, 0.29) is 41.8 Å². The van der Waals surface area contributed by atoms with Crippen LogP contribution in [-0.2, 0) is 16.0 Å². The van der Waals surface area contributed by atoms with Crippen LogP contribution in [0.5, 0.6) is 5.75 Å². The average Bonchev–Trinajstić information content (AvgIpc) is 3.40. The molecule has 2 aromatic heterocycles. The molecular formula is C22H17FN4O6. The Morgan fingerprint density at radius 3 is 2.88 bits per heavy atom. The van der Waals surface area contributed by atoms with Gasteiger partial charge in [0.05, 0.1) is 13.5 Å². The first-order chi connectivity index (χ1) is 15.9. The summed E-state index contributed by atoms with van der Waals surface area (Å²) >= 11 is 0. The summed E-state index contributed by atoms with van der Waals surface area (Å²) in [6, 6.07) is 8.93. The van der Waals surface area contributed by atoms with Gasteiger partial charge in [0.15, 0.2) is 11.4 Å². The van der Waals surface area contributed by atoms with Crippen LogP contribution in [-0.4, -0.2) is 33.6 Å². The third-order valence-corrected chi connectivity index (χ3v) is 5.45. The molecule has 1 fully saturated rings. The number of ether oxygens (including phenoxy) is 1. The van der Waals surface area contributed by atoms with Crippen LogP contribution in [0.4, 0.5) is 4.39 Å². The number of aromatic nitrogens is 3. The first-order valence-electron chi connectivity index (χ1n) is 10.1. The van der Waals surface area contributed by atoms with Crippen molar-refractivity contribution < 1.29 is 27.7 Å². The maximum Gasteiger partial charge on any atom is 0.420 e. The van der Waals surface area contributed by atoms with Gasteiger partial charge in [-0.2, -0.15) is 4.98 Å². The summed E-state index contributed by atoms with van der Waals surface area (Å²) in [4.78, 5) is 40.5. The minimum atomic E-state index is -1.05. The van der Waals surface area contributed by atoms with Crippen molar-refractivity contribution in [2.75, 3.05) is 7.11 Å². The SMILES string of the molecule is COc1cccc(-c2noc(Cc3ccc4oc(=O)n(C5CCC(=O)NC5=O)c4c3F)n2)c1. The zero-order valence-corrected chi connectivity index (χ0v) is 17.3. The molecule has 5 rings (SSSR count). The number of carbonyl (C=O) groups is 2. The number of fused-ring (bicyclic) bond motifs is 1. The van der Waals surface area contributed by atoms with E-state index in [0.717, 1.165) is 4.57 Å². The van der Waals surface area contributed by atoms with Crippen molar-refractivity contribution in [2.24, 2.45) is 0 Å². The second kappa shape index (κ2) is 8.01. The van der Waals surface area contributed by atoms with Crippen molar-refractivity contribution in [2.45, 2.75) is 25.3 Å². The van der Waals surface area contributed by atoms with Crippen LogP contribution < -0.4 is 15.8 Å². The largest absolute Gasteiger partial charge is 0.497 e. The van der Waals surface area contributed by atoms with Crippen LogP contribution in [0.15, 0.2) is 50.1 Å². The molecule has 1 atom stereocenters. The third-order valence-electron chi connectivity index (χ3n) is 5.45. The van der Waals surface area contributed by atoms with Gasteiger partial charge in [0.25, 0.3) is 0 Å². The van der Waals surface area contributed by atoms with Crippen LogP contribution in [0.1, 0.15) is 30.3 Å². The molecule has 1 aliphatic rings. The van der Waals surface area contributed by atoms with Gasteiger partial charge in [0.1, 0.15) is 17.3 Å². The van der Waals surface area contributed by atoms with Crippen molar-refractivity contribution in [1.82, 2.24) is 20.0 Å². The molecular weight excluding hydrogens is 435 g/mol. The fourth-order valence-electron chi connectivity index (χ4n) is 3.85. The molecule has 1 unspecified atom stereocenters. The molecule has 0 bridgehead atoms. The Morgan fingerprint density at radius 2 is 2.09 bits per heavy atom. The second-order valence-electron chi connectivity index (χ2n) is 7.51. The van der Waals surface area contributed by atoms with E-state index in [4.69, 9.17) is 13.7 Å². The Morgan fingerprint density at radius 1 is 1.24 bits per heavy atom. The van der Waals surface area contributed by atoms with Gasteiger partial charge in [-0.3, -0.25) is 19.5 Å². The van der Waals surface area contributed by atoms with Crippen LogP contribution in [0.2, 0.25) is 0 Å². The number of benzene rings is 2. The molecule has 4 aromatic rings. The summed E-state index contributed by atoms with van der Waals surface area (Å²) in [6.07, 6.45) is 0.0513. The first kappa shape index (κ1) is 20.6. The number of nitrogens with one attached hydrogen (secondary N) is 1. The summed E-state index contributed by atoms with van der Waals surface area (Å²) in [5.41, 5.74) is 0.681. The Labute approximate surface area is 184 Å². The zero-order valence-electron chi connectivity index (χ0n) is 17.3. The van der Waals surface area contributed by atoms with E-state index >= 15 is 4.39 Å². The number of imide groups is 1. The monoisotopic (exact) mass is 452 g/mol. The Balaban J connectivity index is 1.49. The molecule has 0 saturated carbocycles. The number of carbonyl (C=O) groups excluding carboxylic acids is 2. The van der Waals surface area contributed by atoms with E-state index in [2.05, 4.69) is 15.5 Å². The molecule has 33 heavy (non-hydrogen) atoms. The van der Waals surface area contributed by atoms with E-state index in [1.165, 1.54) is 12.1 Å². The van der Waals surface area contributed by atoms with Crippen molar-refractivity contribution in [3.05, 3.63) is 64.2 Å². The van der Waals surface area contributed by atoms with Gasteiger partial charge in [0.2, 0.25) is 23.5 Å². The lowest BCUT2D eigenvalue weighted by Crippen LogP contribution is -2.43. The number of methoxy groups -OCH3 is 1. The molecule has 2 aromatic carbocycles. The van der Waals surface area contributed by atoms with Gasteiger partial charge in [0, 0.05) is 12.0 Å². The van der Waals surface area contributed by atoms with E-state index in [9.17, 15) is 14.4 Å². The second-order valence-corrected chi connectivity index (χ2v) is 7.51. The number of nitrogens with zero attached hydrogens (tertiary/aromatic N) is 3. The first-order valence-corrected chi connectivity index (χ1v) is 10.1. The highest BCUT2D eigenvalue weighted by atomic mass is 19.1. The molecule has 0 aliphatic carbocycles. The summed E-state index contributed by atoms with van der Waals surface area (Å²) in [6.45, 7) is 0. The molecule has 10 nitrogen and oxygen atoms in total. The summed E-state index contributed by atoms with van der Waals surface area (Å²) in [5, 5.41) is 6.11. The molecule has 3 heterocycles. The summed E-state index contributed by atoms with van der Waals surface area (Å²) in [5.74, 6) is -1.65. The van der Waals surface area contributed by atoms with Crippen molar-refractivity contribution in [1.29, 1.82) is 0 Å². The number of halogens is 1. The van der Waals surface area contributed by atoms with E-state index in [0.29, 0.717) is 17.1 Å². The normalized spacial score (nSPS) is 16.2. The van der Waals surface area contributed by atoms with Crippen LogP contribution in [0, 0.1) is 5.82 Å². The Hall–Kier alpha value is -4.28. The lowest BCUT2D eigenvalue weighted by Gasteiger charge is -2.21. The molecule has 1 N–H and O–H groups in total. The lowest BCUT2D eigenvalue weighted by atomic mass is 10.0. The third kappa shape index (κ3) is 3.67. The summed E-state index contributed by atoms with van der Waals surface area (Å²) in [7, 11) is 1.55. The zero-order chi connectivity index (χ0) is 23.1. The molecule has 0 spiro atoms. The molecule has 0 radical (unpaired) electrons. The van der Waals surface area contributed by atoms with Crippen LogP contribution in [0.3, 0.4) is 0 Å². The Kier molecular flexibility index (Phi) is 5.00. The van der Waals surface area contributed by atoms with Crippen LogP contribution in [0.25, 0.3) is 22.5 Å². The lowest BCUT2D eigenvalue weighted by molar-refractivity contribution is -0.135. The van der Waals surface area contributed by atoms with Gasteiger partial charge < -0.3 is 13.7 Å². The maximum absolute atomic E-state index is 15.5. The van der Waals surface area contributed by atoms with E-state index < -0.39 is 29.4 Å². The van der Waals surface area contributed by atoms with Gasteiger partial charge in [-0.05, 0) is 30.2 Å². The number of oxazole rings is 1. The van der Waals surface area contributed by atoms with Gasteiger partial charge in [-0.25, -0.2) is 9.18 Å². The molecule has 1 aliphatic heterocycles. The molecule has 11 heteroatoms. The van der Waals surface area contributed by atoms with Gasteiger partial charge >= 0.3 is 5.76 Å². The number of hydrogen-bond donors (Lipinski definition) is 1. The predicted molar refractivity (Wildman–Crippen MR) is 111 cm³/mol. The van der Waals surface area contributed by atoms with E-state index in [1.807, 2.05) is 0 Å². The average molecular weight is 452 g/mol. The van der Waals surface area contributed by atoms with Crippen molar-refractivity contribution in [3.63, 3.8) is 0 Å². The van der Waals surface area contributed by atoms with Crippen LogP contribution >= 0.6 is 0 Å². The maximum atomic E-state index is 15.5. The highest BCUT2D eigenvalue weighted by Gasteiger charge is 2.32. The van der Waals surface area contributed by atoms with Gasteiger partial charge in [-0.1, -0.05) is 23.4 Å². The highest BCUT2D eigenvalue weighted by molar-refractivity contribution is 6.00. The van der Waals surface area contributed by atoms with Gasteiger partial charge in [-0.15, -0.1) is 0 Å². The minimum Gasteiger partial charge on any atom is -0.497 e. The molecule has 168 valence electrons. The topological polar surface area (TPSA) is 129 Å². The fourth-order valence-corrected chi connectivity index (χ4v) is 3.85. The highest BCUT2D eigenvalue weighted by Crippen LogP contribution is 2.28. The molecule has 1 saturated heterocycles. The smallest absolute Gasteiger partial charge is 0.420 e. The number of hydrogen-bond acceptors (Lipinski definition) is 8.